The van der Waals surface area contributed by atoms with Crippen molar-refractivity contribution in [3.8, 4) is 0 Å². The van der Waals surface area contributed by atoms with Crippen molar-refractivity contribution in [3.05, 3.63) is 78.0 Å². The van der Waals surface area contributed by atoms with Gasteiger partial charge in [0.05, 0.1) is 22.1 Å². The largest absolute Gasteiger partial charge is 0.308 e. The maximum atomic E-state index is 13.6. The van der Waals surface area contributed by atoms with Crippen LogP contribution in [0, 0.1) is 6.92 Å². The van der Waals surface area contributed by atoms with Gasteiger partial charge in [-0.05, 0) is 50.1 Å². The topological polar surface area (TPSA) is 51.1 Å². The van der Waals surface area contributed by atoms with Crippen LogP contribution in [0.1, 0.15) is 29.3 Å². The number of aromatic nitrogens is 1. The van der Waals surface area contributed by atoms with Gasteiger partial charge in [-0.3, -0.25) is 0 Å². The van der Waals surface area contributed by atoms with Gasteiger partial charge in [0.1, 0.15) is 0 Å². The zero-order valence-electron chi connectivity index (χ0n) is 14.8. The highest BCUT2D eigenvalue weighted by Gasteiger charge is 2.32. The molecule has 134 valence electrons. The van der Waals surface area contributed by atoms with E-state index >= 15 is 0 Å². The van der Waals surface area contributed by atoms with Gasteiger partial charge >= 0.3 is 0 Å². The van der Waals surface area contributed by atoms with Crippen molar-refractivity contribution in [1.29, 1.82) is 0 Å². The number of benzene rings is 2. The van der Waals surface area contributed by atoms with Crippen LogP contribution in [0.2, 0.25) is 0 Å². The number of para-hydroxylation sites is 1. The van der Waals surface area contributed by atoms with Crippen LogP contribution in [0.4, 0.5) is 0 Å². The van der Waals surface area contributed by atoms with Crippen LogP contribution in [0.3, 0.4) is 0 Å². The van der Waals surface area contributed by atoms with E-state index in [2.05, 4.69) is 11.9 Å². The zero-order valence-corrected chi connectivity index (χ0v) is 15.6. The van der Waals surface area contributed by atoms with Gasteiger partial charge in [0, 0.05) is 5.39 Å². The number of hydrogen-bond acceptors (Lipinski definition) is 3. The highest BCUT2D eigenvalue weighted by Crippen LogP contribution is 2.37. The first kappa shape index (κ1) is 17.1. The van der Waals surface area contributed by atoms with Crippen molar-refractivity contribution >= 4 is 20.9 Å². The third kappa shape index (κ3) is 2.59. The van der Waals surface area contributed by atoms with E-state index in [0.29, 0.717) is 11.3 Å². The fourth-order valence-corrected chi connectivity index (χ4v) is 5.42. The van der Waals surface area contributed by atoms with Gasteiger partial charge in [0.2, 0.25) is 0 Å². The Morgan fingerprint density at radius 3 is 2.65 bits per heavy atom. The molecule has 2 aromatic carbocycles. The summed E-state index contributed by atoms with van der Waals surface area (Å²) in [7, 11) is -3.69. The van der Waals surface area contributed by atoms with Gasteiger partial charge in [-0.25, -0.2) is 12.4 Å². The smallest absolute Gasteiger partial charge is 0.268 e. The fraction of sp³-hybridized carbons (Fsp3) is 0.238. The van der Waals surface area contributed by atoms with Gasteiger partial charge in [-0.1, -0.05) is 42.0 Å². The number of rotatable bonds is 4. The summed E-state index contributed by atoms with van der Waals surface area (Å²) in [6.07, 6.45) is 3.35. The van der Waals surface area contributed by atoms with E-state index in [1.165, 1.54) is 0 Å². The minimum atomic E-state index is -3.69. The molecule has 2 heterocycles. The summed E-state index contributed by atoms with van der Waals surface area (Å²) in [5, 5.41) is 4.48. The van der Waals surface area contributed by atoms with E-state index in [9.17, 15) is 8.42 Å². The lowest BCUT2D eigenvalue weighted by Crippen LogP contribution is -2.32. The van der Waals surface area contributed by atoms with Gasteiger partial charge in [-0.15, -0.1) is 6.58 Å². The highest BCUT2D eigenvalue weighted by molar-refractivity contribution is 7.90. The van der Waals surface area contributed by atoms with Crippen molar-refractivity contribution in [1.82, 2.24) is 9.29 Å². The third-order valence-corrected chi connectivity index (χ3v) is 6.78. The van der Waals surface area contributed by atoms with E-state index in [0.717, 1.165) is 40.7 Å². The minimum Gasteiger partial charge on any atom is -0.308 e. The Morgan fingerprint density at radius 2 is 1.92 bits per heavy atom. The first-order valence-electron chi connectivity index (χ1n) is 8.83. The van der Waals surface area contributed by atoms with Gasteiger partial charge in [0.15, 0.2) is 0 Å². The molecule has 4 rings (SSSR count). The molecule has 1 atom stereocenters. The average molecular weight is 366 g/mol. The van der Waals surface area contributed by atoms with Crippen LogP contribution < -0.4 is 5.32 Å². The number of nitrogens with one attached hydrogen (secondary N) is 1. The zero-order chi connectivity index (χ0) is 18.3. The Hall–Kier alpha value is -2.37. The quantitative estimate of drug-likeness (QED) is 0.712. The molecule has 1 aliphatic heterocycles. The molecule has 0 amide bonds. The van der Waals surface area contributed by atoms with Crippen LogP contribution in [-0.4, -0.2) is 18.9 Å². The standard InChI is InChI=1S/C21H22N2O2S/c1-3-6-19-21-18(13-14-22-19)17-7-4-5-8-20(17)23(21)26(24,25)16-11-9-15(2)10-12-16/h3-5,7-12,19,22H,1,6,13-14H2,2H3/t19-/m1/s1. The van der Waals surface area contributed by atoms with Gasteiger partial charge < -0.3 is 5.32 Å². The Morgan fingerprint density at radius 1 is 1.19 bits per heavy atom. The molecule has 1 aromatic heterocycles. The molecule has 1 N–H and O–H groups in total. The number of fused-ring (bicyclic) bond motifs is 3. The number of aryl methyl sites for hydroxylation is 1. The van der Waals surface area contributed by atoms with Crippen LogP contribution in [0.15, 0.2) is 66.1 Å². The molecule has 3 aromatic rings. The van der Waals surface area contributed by atoms with E-state index in [1.807, 2.05) is 49.4 Å². The first-order valence-corrected chi connectivity index (χ1v) is 10.3. The van der Waals surface area contributed by atoms with Crippen molar-refractivity contribution in [2.45, 2.75) is 30.7 Å². The lowest BCUT2D eigenvalue weighted by molar-refractivity contribution is 0.493. The summed E-state index contributed by atoms with van der Waals surface area (Å²) in [5.41, 5.74) is 3.75. The molecule has 0 fully saturated rings. The number of hydrogen-bond donors (Lipinski definition) is 1. The van der Waals surface area contributed by atoms with Gasteiger partial charge in [-0.2, -0.15) is 0 Å². The van der Waals surface area contributed by atoms with E-state index in [1.54, 1.807) is 16.1 Å². The van der Waals surface area contributed by atoms with E-state index < -0.39 is 10.0 Å². The Kier molecular flexibility index (Phi) is 4.21. The molecule has 0 unspecified atom stereocenters. The Labute approximate surface area is 154 Å². The molecule has 4 nitrogen and oxygen atoms in total. The summed E-state index contributed by atoms with van der Waals surface area (Å²) in [6.45, 7) is 6.63. The summed E-state index contributed by atoms with van der Waals surface area (Å²) >= 11 is 0. The minimum absolute atomic E-state index is 0.0520. The maximum Gasteiger partial charge on any atom is 0.268 e. The predicted molar refractivity (Wildman–Crippen MR) is 105 cm³/mol. The summed E-state index contributed by atoms with van der Waals surface area (Å²) in [4.78, 5) is 0.314. The van der Waals surface area contributed by atoms with Crippen LogP contribution in [-0.2, 0) is 16.4 Å². The second kappa shape index (κ2) is 6.41. The molecule has 0 aliphatic carbocycles. The summed E-state index contributed by atoms with van der Waals surface area (Å²) < 4.78 is 28.6. The van der Waals surface area contributed by atoms with Crippen molar-refractivity contribution in [2.75, 3.05) is 6.54 Å². The van der Waals surface area contributed by atoms with Crippen LogP contribution in [0.25, 0.3) is 10.9 Å². The van der Waals surface area contributed by atoms with Crippen LogP contribution in [0.5, 0.6) is 0 Å². The van der Waals surface area contributed by atoms with Crippen molar-refractivity contribution < 1.29 is 8.42 Å². The normalized spacial score (nSPS) is 17.2. The van der Waals surface area contributed by atoms with E-state index in [-0.39, 0.29) is 6.04 Å². The first-order chi connectivity index (χ1) is 12.5. The third-order valence-electron chi connectivity index (χ3n) is 5.03. The molecule has 26 heavy (non-hydrogen) atoms. The molecule has 0 saturated heterocycles. The molecule has 5 heteroatoms. The lowest BCUT2D eigenvalue weighted by atomic mass is 9.97. The Balaban J connectivity index is 2.04. The SMILES string of the molecule is C=CC[C@H]1NCCc2c1n(S(=O)(=O)c1ccc(C)cc1)c1ccccc21. The monoisotopic (exact) mass is 366 g/mol. The van der Waals surface area contributed by atoms with Crippen molar-refractivity contribution in [3.63, 3.8) is 0 Å². The highest BCUT2D eigenvalue weighted by atomic mass is 32.2. The second-order valence-electron chi connectivity index (χ2n) is 6.74. The second-order valence-corrected chi connectivity index (χ2v) is 8.53. The molecular formula is C21H22N2O2S. The molecular weight excluding hydrogens is 344 g/mol. The molecule has 1 aliphatic rings. The lowest BCUT2D eigenvalue weighted by Gasteiger charge is -2.26. The molecule has 0 saturated carbocycles. The molecule has 0 bridgehead atoms. The van der Waals surface area contributed by atoms with E-state index in [4.69, 9.17) is 0 Å². The van der Waals surface area contributed by atoms with Crippen LogP contribution >= 0.6 is 0 Å². The van der Waals surface area contributed by atoms with Crippen molar-refractivity contribution in [2.24, 2.45) is 0 Å². The molecule has 0 radical (unpaired) electrons. The predicted octanol–water partition coefficient (Wildman–Crippen LogP) is 3.95. The maximum absolute atomic E-state index is 13.6. The fourth-order valence-electron chi connectivity index (χ4n) is 3.82. The van der Waals surface area contributed by atoms with Gasteiger partial charge in [0.25, 0.3) is 10.0 Å². The summed E-state index contributed by atoms with van der Waals surface area (Å²) in [6, 6.07) is 14.8. The average Bonchev–Trinajstić information content (AvgIpc) is 2.99. The summed E-state index contributed by atoms with van der Waals surface area (Å²) in [5.74, 6) is 0. The Bertz CT molecular complexity index is 1080. The molecule has 0 spiro atoms. The number of nitrogens with zero attached hydrogens (tertiary/aromatic N) is 1.